The van der Waals surface area contributed by atoms with Crippen LogP contribution in [0.3, 0.4) is 0 Å². The van der Waals surface area contributed by atoms with Gasteiger partial charge in [-0.25, -0.2) is 0 Å². The predicted octanol–water partition coefficient (Wildman–Crippen LogP) is 1.58. The molecule has 0 fully saturated rings. The van der Waals surface area contributed by atoms with Crippen LogP contribution < -0.4 is 0 Å². The first-order chi connectivity index (χ1) is 8.10. The van der Waals surface area contributed by atoms with E-state index in [0.29, 0.717) is 0 Å². The second-order valence-electron chi connectivity index (χ2n) is 3.43. The third-order valence-corrected chi connectivity index (χ3v) is 8.12. The quantitative estimate of drug-likeness (QED) is 0.399. The SMILES string of the molecule is COC(=O)C(CCCC([Te]C)C(=O)OC)[Te]C. The molecule has 6 heteroatoms. The van der Waals surface area contributed by atoms with Gasteiger partial charge in [-0.2, -0.15) is 0 Å². The van der Waals surface area contributed by atoms with Crippen LogP contribution in [0.4, 0.5) is 0 Å². The Morgan fingerprint density at radius 1 is 0.941 bits per heavy atom. The molecule has 0 aliphatic rings. The number of carbonyl (C=O) groups is 2. The summed E-state index contributed by atoms with van der Waals surface area (Å²) in [5, 5.41) is 0. The van der Waals surface area contributed by atoms with Gasteiger partial charge < -0.3 is 0 Å². The van der Waals surface area contributed by atoms with Crippen LogP contribution in [-0.4, -0.2) is 68.0 Å². The van der Waals surface area contributed by atoms with Gasteiger partial charge in [0.05, 0.1) is 0 Å². The van der Waals surface area contributed by atoms with E-state index in [0.717, 1.165) is 19.3 Å². The summed E-state index contributed by atoms with van der Waals surface area (Å²) in [4.78, 5) is 27.0. The molecule has 0 N–H and O–H groups in total. The Morgan fingerprint density at radius 3 is 1.53 bits per heavy atom. The summed E-state index contributed by atoms with van der Waals surface area (Å²) in [5.41, 5.74) is 0. The van der Waals surface area contributed by atoms with Crippen molar-refractivity contribution >= 4 is 53.8 Å². The standard InChI is InChI=1S/C11H20O4Te2/c1-14-10(12)8(16-3)6-5-7-9(17-4)11(13)15-2/h8-9H,5-7H2,1-4H3. The molecule has 0 rings (SSSR count). The molecule has 0 heterocycles. The van der Waals surface area contributed by atoms with Crippen LogP contribution in [0, 0.1) is 0 Å². The Kier molecular flexibility index (Phi) is 10.8. The van der Waals surface area contributed by atoms with Crippen molar-refractivity contribution in [3.8, 4) is 0 Å². The molecule has 0 aromatic rings. The topological polar surface area (TPSA) is 52.6 Å². The Bertz CT molecular complexity index is 222. The zero-order valence-corrected chi connectivity index (χ0v) is 15.4. The minimum atomic E-state index is -0.311. The molecule has 0 bridgehead atoms. The van der Waals surface area contributed by atoms with Crippen molar-refractivity contribution in [3.63, 3.8) is 0 Å². The molecule has 0 aromatic carbocycles. The molecule has 0 aromatic heterocycles. The van der Waals surface area contributed by atoms with Crippen molar-refractivity contribution in [2.75, 3.05) is 14.2 Å². The molecule has 4 nitrogen and oxygen atoms in total. The van der Waals surface area contributed by atoms with Gasteiger partial charge in [-0.15, -0.1) is 0 Å². The van der Waals surface area contributed by atoms with Gasteiger partial charge >= 0.3 is 124 Å². The van der Waals surface area contributed by atoms with Crippen LogP contribution in [0.5, 0.6) is 0 Å². The fourth-order valence-corrected chi connectivity index (χ4v) is 5.36. The molecule has 0 radical (unpaired) electrons. The van der Waals surface area contributed by atoms with Gasteiger partial charge in [0.15, 0.2) is 0 Å². The van der Waals surface area contributed by atoms with Crippen molar-refractivity contribution in [1.82, 2.24) is 0 Å². The molecule has 2 atom stereocenters. The average Bonchev–Trinajstić information content (AvgIpc) is 2.37. The zero-order chi connectivity index (χ0) is 13.3. The van der Waals surface area contributed by atoms with Crippen molar-refractivity contribution < 1.29 is 19.1 Å². The van der Waals surface area contributed by atoms with Crippen molar-refractivity contribution in [2.45, 2.75) is 37.1 Å². The fraction of sp³-hybridized carbons (Fsp3) is 0.818. The first-order valence-corrected chi connectivity index (χ1v) is 12.7. The van der Waals surface area contributed by atoms with Crippen molar-refractivity contribution in [2.24, 2.45) is 0 Å². The van der Waals surface area contributed by atoms with Crippen LogP contribution in [0.15, 0.2) is 0 Å². The third kappa shape index (κ3) is 6.87. The second-order valence-corrected chi connectivity index (χ2v) is 9.36. The maximum absolute atomic E-state index is 11.4. The molecule has 0 saturated heterocycles. The van der Waals surface area contributed by atoms with Crippen LogP contribution in [0.25, 0.3) is 0 Å². The summed E-state index contributed by atoms with van der Waals surface area (Å²) in [5.74, 6) is -0.171. The first-order valence-electron chi connectivity index (χ1n) is 5.31. The van der Waals surface area contributed by atoms with Gasteiger partial charge in [0, 0.05) is 0 Å². The Balaban J connectivity index is 4.02. The van der Waals surface area contributed by atoms with Gasteiger partial charge in [-0.1, -0.05) is 0 Å². The molecule has 0 amide bonds. The second kappa shape index (κ2) is 10.4. The summed E-state index contributed by atoms with van der Waals surface area (Å²) in [6, 6.07) is 0. The van der Waals surface area contributed by atoms with Crippen molar-refractivity contribution in [1.29, 1.82) is 0 Å². The summed E-state index contributed by atoms with van der Waals surface area (Å²) in [6.07, 6.45) is 2.62. The monoisotopic (exact) mass is 476 g/mol. The Labute approximate surface area is 123 Å². The average molecular weight is 471 g/mol. The molecule has 0 aliphatic carbocycles. The van der Waals surface area contributed by atoms with Crippen LogP contribution in [-0.2, 0) is 19.1 Å². The predicted molar refractivity (Wildman–Crippen MR) is 68.6 cm³/mol. The van der Waals surface area contributed by atoms with Crippen LogP contribution in [0.1, 0.15) is 19.3 Å². The molecule has 0 saturated carbocycles. The number of esters is 2. The molecule has 0 spiro atoms. The number of methoxy groups -OCH3 is 2. The van der Waals surface area contributed by atoms with Gasteiger partial charge in [0.2, 0.25) is 0 Å². The molecule has 100 valence electrons. The number of hydrogen-bond donors (Lipinski definition) is 0. The van der Waals surface area contributed by atoms with E-state index in [1.807, 2.05) is 0 Å². The fourth-order valence-electron chi connectivity index (χ4n) is 1.42. The first kappa shape index (κ1) is 17.5. The van der Waals surface area contributed by atoms with Crippen LogP contribution in [0.2, 0.25) is 17.9 Å². The van der Waals surface area contributed by atoms with Gasteiger partial charge in [-0.3, -0.25) is 0 Å². The molecule has 2 unspecified atom stereocenters. The van der Waals surface area contributed by atoms with E-state index >= 15 is 0 Å². The molecular weight excluding hydrogens is 451 g/mol. The van der Waals surface area contributed by atoms with E-state index in [-0.39, 0.29) is 61.7 Å². The van der Waals surface area contributed by atoms with Crippen molar-refractivity contribution in [3.05, 3.63) is 0 Å². The minimum absolute atomic E-state index is 0.0857. The Morgan fingerprint density at radius 2 is 1.29 bits per heavy atom. The van der Waals surface area contributed by atoms with Gasteiger partial charge in [-0.05, 0) is 0 Å². The van der Waals surface area contributed by atoms with E-state index in [1.54, 1.807) is 0 Å². The third-order valence-electron chi connectivity index (χ3n) is 2.43. The number of ether oxygens (including phenoxy) is 2. The molecule has 17 heavy (non-hydrogen) atoms. The maximum atomic E-state index is 11.4. The normalized spacial score (nSPS) is 13.9. The molecule has 0 aliphatic heterocycles. The van der Waals surface area contributed by atoms with E-state index in [2.05, 4.69) is 9.94 Å². The summed E-state index contributed by atoms with van der Waals surface area (Å²) in [6.45, 7) is 0. The Hall–Kier alpha value is 0.519. The van der Waals surface area contributed by atoms with Gasteiger partial charge in [0.1, 0.15) is 0 Å². The van der Waals surface area contributed by atoms with E-state index in [9.17, 15) is 9.59 Å². The number of hydrogen-bond acceptors (Lipinski definition) is 4. The van der Waals surface area contributed by atoms with E-state index in [1.165, 1.54) is 14.2 Å². The number of carbonyl (C=O) groups excluding carboxylic acids is 2. The summed E-state index contributed by atoms with van der Waals surface area (Å²) >= 11 is -0.622. The van der Waals surface area contributed by atoms with E-state index < -0.39 is 0 Å². The molecular formula is C11H20O4Te2. The zero-order valence-electron chi connectivity index (χ0n) is 10.7. The van der Waals surface area contributed by atoms with E-state index in [4.69, 9.17) is 9.47 Å². The summed E-state index contributed by atoms with van der Waals surface area (Å²) < 4.78 is 9.73. The summed E-state index contributed by atoms with van der Waals surface area (Å²) in [7, 11) is 2.88. The van der Waals surface area contributed by atoms with Crippen LogP contribution >= 0.6 is 0 Å². The van der Waals surface area contributed by atoms with Gasteiger partial charge in [0.25, 0.3) is 0 Å². The number of rotatable bonds is 8.